The van der Waals surface area contributed by atoms with Crippen LogP contribution in [-0.2, 0) is 134 Å². The largest absolute Gasteiger partial charge is 0.392 e. The zero-order chi connectivity index (χ0) is 73.4. The van der Waals surface area contributed by atoms with E-state index in [0.717, 1.165) is 136 Å². The molecular formula is C75H174Co8N8O8. The molecule has 8 radical (unpaired) electrons. The molecule has 0 aliphatic carbocycles. The van der Waals surface area contributed by atoms with Crippen LogP contribution in [0, 0.1) is 47.3 Å². The van der Waals surface area contributed by atoms with E-state index in [4.69, 9.17) is 0 Å². The molecule has 99 heavy (non-hydrogen) atoms. The molecule has 0 saturated heterocycles. The van der Waals surface area contributed by atoms with Gasteiger partial charge in [-0.1, -0.05) is 165 Å². The molecule has 11 unspecified atom stereocenters. The minimum absolute atomic E-state index is 0. The molecule has 24 heteroatoms. The van der Waals surface area contributed by atoms with Crippen molar-refractivity contribution in [1.82, 2.24) is 39.2 Å². The van der Waals surface area contributed by atoms with Crippen molar-refractivity contribution >= 4 is 0 Å². The van der Waals surface area contributed by atoms with E-state index in [-0.39, 0.29) is 183 Å². The van der Waals surface area contributed by atoms with Crippen LogP contribution >= 0.6 is 0 Å². The summed E-state index contributed by atoms with van der Waals surface area (Å²) in [6.07, 6.45) is 6.38. The number of nitrogens with zero attached hydrogens (tertiary/aromatic N) is 8. The molecule has 0 rings (SSSR count). The van der Waals surface area contributed by atoms with Gasteiger partial charge >= 0.3 is 0 Å². The Balaban J connectivity index is -0.0000000562. The second-order valence-electron chi connectivity index (χ2n) is 30.2. The Morgan fingerprint density at radius 2 is 0.485 bits per heavy atom. The molecule has 8 N–H and O–H groups in total. The van der Waals surface area contributed by atoms with E-state index in [0.29, 0.717) is 65.5 Å². The Labute approximate surface area is 702 Å². The maximum absolute atomic E-state index is 9.73. The van der Waals surface area contributed by atoms with E-state index in [1.54, 1.807) is 0 Å². The van der Waals surface area contributed by atoms with Crippen LogP contribution in [0.25, 0.3) is 0 Å². The van der Waals surface area contributed by atoms with Crippen LogP contribution in [0.15, 0.2) is 0 Å². The van der Waals surface area contributed by atoms with E-state index < -0.39 is 0 Å². The normalized spacial score (nSPS) is 14.2. The zero-order valence-electron chi connectivity index (χ0n) is 70.6. The fourth-order valence-corrected chi connectivity index (χ4v) is 8.99. The molecule has 0 aromatic rings. The summed E-state index contributed by atoms with van der Waals surface area (Å²) < 4.78 is 0. The first-order chi connectivity index (χ1) is 41.7. The molecule has 0 aromatic carbocycles. The van der Waals surface area contributed by atoms with Crippen molar-refractivity contribution in [3.63, 3.8) is 0 Å². The Hall–Kier alpha value is 3.41. The zero-order valence-corrected chi connectivity index (χ0v) is 79.0. The summed E-state index contributed by atoms with van der Waals surface area (Å²) in [5.74, 6) is 4.19. The molecule has 0 heterocycles. The van der Waals surface area contributed by atoms with Gasteiger partial charge in [-0.05, 0) is 210 Å². The van der Waals surface area contributed by atoms with Gasteiger partial charge in [-0.15, -0.1) is 0 Å². The number of hydrogen-bond donors (Lipinski definition) is 8. The monoisotopic (exact) mass is 1790 g/mol. The summed E-state index contributed by atoms with van der Waals surface area (Å²) in [7, 11) is 16.1. The molecule has 0 amide bonds. The standard InChI is InChI=1S/C11H25NO.3C10H23NO.2C9H21NO.2C8H19NO.8Co/c1-6-12(10(4)5)8-11(13)7-9(2)3;1-8(2)6-10(12)7-11(5)9(3)4;1-6-9(4)10(12)7-11(5)8(2)3;1-5-11(6-2)8-10(12)7-9(3)4;1-5-10(4)7-9(11)6-8(2)3;1-5-8(3)9(11)7-10(4)6-2;1-7(2)5-8(10)6-9(3)4;1-5-7(2)8(10)6-9(3)4;;;;;;;;/h9-11,13H,6-8H2,1-5H3;2*8-10,12H,6-7H2,1-5H3;9-10,12H,5-8H2,1-4H3;2*8-9,11H,5-7H2,1-4H3;2*7-8,10H,5-6H2,1-4H3;;;;;;;;. The second kappa shape index (κ2) is 92.0. The summed E-state index contributed by atoms with van der Waals surface area (Å²) in [5.41, 5.74) is 0. The number of aliphatic hydroxyl groups excluding tert-OH is 8. The predicted octanol–water partition coefficient (Wildman–Crippen LogP) is 11.9. The van der Waals surface area contributed by atoms with E-state index in [2.05, 4.69) is 223 Å². The number of aliphatic hydroxyl groups is 8. The molecule has 0 fully saturated rings. The van der Waals surface area contributed by atoms with Crippen LogP contribution in [0.2, 0.25) is 0 Å². The van der Waals surface area contributed by atoms with Crippen LogP contribution in [0.4, 0.5) is 0 Å². The van der Waals surface area contributed by atoms with Gasteiger partial charge in [0.25, 0.3) is 0 Å². The average molecular weight is 1790 g/mol. The summed E-state index contributed by atoms with van der Waals surface area (Å²) >= 11 is 0. The van der Waals surface area contributed by atoms with Crippen molar-refractivity contribution in [2.24, 2.45) is 47.3 Å². The van der Waals surface area contributed by atoms with Gasteiger partial charge in [-0.25, -0.2) is 0 Å². The van der Waals surface area contributed by atoms with Gasteiger partial charge in [-0.2, -0.15) is 0 Å². The Morgan fingerprint density at radius 1 is 0.242 bits per heavy atom. The molecule has 0 aromatic heterocycles. The first-order valence-corrected chi connectivity index (χ1v) is 36.7. The quantitative estimate of drug-likeness (QED) is 0.0289. The smallest absolute Gasteiger partial charge is 0.0692 e. The third-order valence-electron chi connectivity index (χ3n) is 16.5. The predicted molar refractivity (Wildman–Crippen MR) is 403 cm³/mol. The summed E-state index contributed by atoms with van der Waals surface area (Å²) in [6.45, 7) is 68.9. The van der Waals surface area contributed by atoms with Gasteiger partial charge in [0.2, 0.25) is 0 Å². The van der Waals surface area contributed by atoms with E-state index >= 15 is 0 Å². The van der Waals surface area contributed by atoms with Crippen molar-refractivity contribution in [2.45, 2.75) is 305 Å². The number of likely N-dealkylation sites (N-methyl/N-ethyl adjacent to an activating group) is 8. The summed E-state index contributed by atoms with van der Waals surface area (Å²) in [6, 6.07) is 1.57. The van der Waals surface area contributed by atoms with Crippen molar-refractivity contribution < 1.29 is 175 Å². The Morgan fingerprint density at radius 3 is 0.727 bits per heavy atom. The molecular weight excluding hydrogens is 1610 g/mol. The van der Waals surface area contributed by atoms with E-state index in [1.165, 1.54) is 0 Å². The maximum Gasteiger partial charge on any atom is 0.0692 e. The Bertz CT molecular complexity index is 1430. The molecule has 11 atom stereocenters. The first kappa shape index (κ1) is 141. The van der Waals surface area contributed by atoms with Gasteiger partial charge < -0.3 is 75.2 Å². The fraction of sp³-hybridized carbons (Fsp3) is 1.00. The fourth-order valence-electron chi connectivity index (χ4n) is 8.99. The number of hydrogen-bond acceptors (Lipinski definition) is 16. The minimum atomic E-state index is -0.178. The molecule has 0 spiro atoms. The topological polar surface area (TPSA) is 188 Å². The van der Waals surface area contributed by atoms with Crippen molar-refractivity contribution in [1.29, 1.82) is 0 Å². The van der Waals surface area contributed by atoms with Crippen LogP contribution < -0.4 is 0 Å². The van der Waals surface area contributed by atoms with Crippen molar-refractivity contribution in [2.75, 3.05) is 141 Å². The van der Waals surface area contributed by atoms with Gasteiger partial charge in [-0.3, -0.25) is 4.90 Å². The van der Waals surface area contributed by atoms with Crippen LogP contribution in [0.5, 0.6) is 0 Å². The van der Waals surface area contributed by atoms with Crippen LogP contribution in [0.3, 0.4) is 0 Å². The average Bonchev–Trinajstić information content (AvgIpc) is 3.12. The number of rotatable bonds is 40. The van der Waals surface area contributed by atoms with Gasteiger partial charge in [0.1, 0.15) is 0 Å². The third-order valence-corrected chi connectivity index (χ3v) is 16.5. The summed E-state index contributed by atoms with van der Waals surface area (Å²) in [5, 5.41) is 76.5. The van der Waals surface area contributed by atoms with Gasteiger partial charge in [0, 0.05) is 205 Å². The van der Waals surface area contributed by atoms with E-state index in [9.17, 15) is 40.9 Å². The second-order valence-corrected chi connectivity index (χ2v) is 30.2. The van der Waals surface area contributed by atoms with Crippen LogP contribution in [-0.4, -0.2) is 288 Å². The van der Waals surface area contributed by atoms with Crippen molar-refractivity contribution in [3.8, 4) is 0 Å². The molecule has 634 valence electrons. The molecule has 0 aliphatic heterocycles. The molecule has 0 aliphatic rings. The molecule has 0 bridgehead atoms. The SMILES string of the molecule is CC(C)CC(O)CN(C)C.CC(C)CC(O)CN(C)C(C)C.CCC(C)C(O)CN(C)C.CCC(C)C(O)CN(C)C(C)C.CCC(C)C(O)CN(C)CC.CCN(C)CC(O)CC(C)C.CCN(CC(O)CC(C)C)C(C)C.CCN(CC)CC(O)CC(C)C.[Co].[Co].[Co].[Co].[Co].[Co].[Co].[Co]. The Kier molecular flexibility index (Phi) is 131. The van der Waals surface area contributed by atoms with Gasteiger partial charge in [0.05, 0.1) is 48.8 Å². The van der Waals surface area contributed by atoms with Crippen LogP contribution in [0.1, 0.15) is 238 Å². The molecule has 0 saturated carbocycles. The van der Waals surface area contributed by atoms with Crippen molar-refractivity contribution in [3.05, 3.63) is 0 Å². The first-order valence-electron chi connectivity index (χ1n) is 36.7. The maximum atomic E-state index is 9.73. The van der Waals surface area contributed by atoms with E-state index in [1.807, 2.05) is 59.1 Å². The van der Waals surface area contributed by atoms with Gasteiger partial charge in [0.15, 0.2) is 0 Å². The third kappa shape index (κ3) is 110. The minimum Gasteiger partial charge on any atom is -0.392 e. The summed E-state index contributed by atoms with van der Waals surface area (Å²) in [4.78, 5) is 17.2. The molecule has 16 nitrogen and oxygen atoms in total.